The maximum atomic E-state index is 14.0. The van der Waals surface area contributed by atoms with E-state index in [4.69, 9.17) is 0 Å². The van der Waals surface area contributed by atoms with Gasteiger partial charge in [0, 0.05) is 22.6 Å². The maximum Gasteiger partial charge on any atom is 0.300 e. The number of rotatable bonds is 5. The Morgan fingerprint density at radius 3 is 2.32 bits per heavy atom. The second-order valence-electron chi connectivity index (χ2n) is 11.1. The van der Waals surface area contributed by atoms with Crippen LogP contribution in [0.2, 0.25) is 0 Å². The van der Waals surface area contributed by atoms with Crippen LogP contribution in [-0.2, 0) is 4.79 Å². The fourth-order valence-electron chi connectivity index (χ4n) is 7.24. The topological polar surface area (TPSA) is 89.2 Å². The van der Waals surface area contributed by atoms with Crippen molar-refractivity contribution in [2.45, 2.75) is 49.2 Å². The van der Waals surface area contributed by atoms with Crippen molar-refractivity contribution in [2.75, 3.05) is 5.75 Å². The molecule has 4 saturated carbocycles. The van der Waals surface area contributed by atoms with Gasteiger partial charge < -0.3 is 5.32 Å². The van der Waals surface area contributed by atoms with Crippen molar-refractivity contribution in [3.63, 3.8) is 0 Å². The van der Waals surface area contributed by atoms with E-state index in [-0.39, 0.29) is 28.5 Å². The van der Waals surface area contributed by atoms with Crippen LogP contribution >= 0.6 is 11.8 Å². The Kier molecular flexibility index (Phi) is 5.51. The minimum Gasteiger partial charge on any atom is -0.350 e. The zero-order valence-corrected chi connectivity index (χ0v) is 21.3. The number of carbonyl (C=O) groups is 1. The Hall–Kier alpha value is -3.40. The van der Waals surface area contributed by atoms with Gasteiger partial charge in [0.2, 0.25) is 5.91 Å². The van der Waals surface area contributed by atoms with Crippen LogP contribution in [0.3, 0.4) is 0 Å². The monoisotopic (exact) mass is 533 g/mol. The summed E-state index contributed by atoms with van der Waals surface area (Å²) in [6.07, 6.45) is 7.04. The first-order valence-electron chi connectivity index (χ1n) is 12.9. The number of fused-ring (bicyclic) bond motifs is 3. The van der Waals surface area contributed by atoms with Gasteiger partial charge in [0.15, 0.2) is 16.5 Å². The largest absolute Gasteiger partial charge is 0.350 e. The molecule has 2 aromatic heterocycles. The Morgan fingerprint density at radius 1 is 0.974 bits per heavy atom. The van der Waals surface area contributed by atoms with Gasteiger partial charge in [-0.05, 0) is 92.7 Å². The first-order chi connectivity index (χ1) is 18.3. The lowest BCUT2D eigenvalue weighted by atomic mass is 9.53. The highest BCUT2D eigenvalue weighted by molar-refractivity contribution is 7.99. The Bertz CT molecular complexity index is 1620. The molecule has 2 aromatic carbocycles. The van der Waals surface area contributed by atoms with Gasteiger partial charge in [0.25, 0.3) is 5.56 Å². The second kappa shape index (κ2) is 8.83. The van der Waals surface area contributed by atoms with Crippen molar-refractivity contribution in [2.24, 2.45) is 17.8 Å². The van der Waals surface area contributed by atoms with Crippen molar-refractivity contribution in [1.82, 2.24) is 24.9 Å². The van der Waals surface area contributed by atoms with Crippen molar-refractivity contribution in [3.8, 4) is 11.3 Å². The lowest BCUT2D eigenvalue weighted by Crippen LogP contribution is -2.60. The molecule has 4 aromatic rings. The number of nitrogens with zero attached hydrogens (tertiary/aromatic N) is 4. The number of aromatic nitrogens is 4. The van der Waals surface area contributed by atoms with Crippen LogP contribution in [0.1, 0.15) is 38.5 Å². The molecule has 1 N–H and O–H groups in total. The van der Waals surface area contributed by atoms with Crippen LogP contribution < -0.4 is 10.9 Å². The van der Waals surface area contributed by atoms with Gasteiger partial charge in [-0.3, -0.25) is 9.59 Å². The van der Waals surface area contributed by atoms with Crippen LogP contribution in [-0.4, -0.2) is 36.8 Å². The van der Waals surface area contributed by atoms with Crippen LogP contribution in [0.4, 0.5) is 8.78 Å². The molecular formula is C28H25F2N5O2S. The van der Waals surface area contributed by atoms with Gasteiger partial charge in [0.05, 0.1) is 11.3 Å². The fraction of sp³-hybridized carbons (Fsp3) is 0.393. The normalized spacial score (nSPS) is 25.8. The van der Waals surface area contributed by atoms with E-state index >= 15 is 0 Å². The van der Waals surface area contributed by atoms with Gasteiger partial charge in [-0.25, -0.2) is 13.8 Å². The van der Waals surface area contributed by atoms with E-state index in [1.165, 1.54) is 78.0 Å². The summed E-state index contributed by atoms with van der Waals surface area (Å²) < 4.78 is 28.9. The summed E-state index contributed by atoms with van der Waals surface area (Å²) in [4.78, 5) is 34.9. The standard InChI is InChI=1S/C28H25F2N5O2S/c29-19-3-1-18(2-4-19)24-26(37)32-25-21-6-5-20(30)10-22(21)31-27(35(25)34-24)38-14-23(36)33-28-11-15-7-16(12-28)9-17(8-15)13-28/h1-6,10,15-17H,7-9,11-14H2,(H,33,36). The van der Waals surface area contributed by atoms with Gasteiger partial charge in [-0.2, -0.15) is 14.6 Å². The molecule has 38 heavy (non-hydrogen) atoms. The van der Waals surface area contributed by atoms with E-state index in [2.05, 4.69) is 20.4 Å². The Labute approximate surface area is 221 Å². The summed E-state index contributed by atoms with van der Waals surface area (Å²) in [5.74, 6) is 1.27. The molecule has 194 valence electrons. The van der Waals surface area contributed by atoms with E-state index in [1.54, 1.807) is 0 Å². The van der Waals surface area contributed by atoms with Crippen molar-refractivity contribution in [1.29, 1.82) is 0 Å². The van der Waals surface area contributed by atoms with Gasteiger partial charge in [0.1, 0.15) is 11.6 Å². The predicted molar refractivity (Wildman–Crippen MR) is 140 cm³/mol. The molecule has 0 saturated heterocycles. The summed E-state index contributed by atoms with van der Waals surface area (Å²) >= 11 is 1.17. The number of halogens is 2. The summed E-state index contributed by atoms with van der Waals surface area (Å²) in [5, 5.41) is 8.65. The smallest absolute Gasteiger partial charge is 0.300 e. The third-order valence-electron chi connectivity index (χ3n) is 8.30. The number of hydrogen-bond donors (Lipinski definition) is 1. The molecule has 8 rings (SSSR count). The molecule has 0 spiro atoms. The molecule has 4 bridgehead atoms. The quantitative estimate of drug-likeness (QED) is 0.226. The third kappa shape index (κ3) is 4.15. The lowest BCUT2D eigenvalue weighted by Gasteiger charge is -2.56. The Morgan fingerprint density at radius 2 is 1.63 bits per heavy atom. The number of carbonyl (C=O) groups excluding carboxylic acids is 1. The van der Waals surface area contributed by atoms with E-state index in [0.29, 0.717) is 39.4 Å². The minimum absolute atomic E-state index is 0.0330. The van der Waals surface area contributed by atoms with E-state index in [0.717, 1.165) is 19.3 Å². The first-order valence-corrected chi connectivity index (χ1v) is 13.9. The van der Waals surface area contributed by atoms with Crippen molar-refractivity contribution in [3.05, 3.63) is 64.5 Å². The summed E-state index contributed by atoms with van der Waals surface area (Å²) in [7, 11) is 0. The van der Waals surface area contributed by atoms with Crippen LogP contribution in [0, 0.1) is 29.4 Å². The molecule has 2 heterocycles. The predicted octanol–water partition coefficient (Wildman–Crippen LogP) is 4.76. The molecule has 0 radical (unpaired) electrons. The molecule has 10 heteroatoms. The highest BCUT2D eigenvalue weighted by atomic mass is 32.2. The zero-order valence-electron chi connectivity index (χ0n) is 20.5. The number of thioether (sulfide) groups is 1. The average molecular weight is 534 g/mol. The van der Waals surface area contributed by atoms with E-state index < -0.39 is 17.2 Å². The van der Waals surface area contributed by atoms with Crippen LogP contribution in [0.5, 0.6) is 0 Å². The Balaban J connectivity index is 1.23. The molecule has 0 aliphatic heterocycles. The minimum atomic E-state index is -0.594. The zero-order chi connectivity index (χ0) is 26.0. The molecule has 1 amide bonds. The van der Waals surface area contributed by atoms with Crippen molar-refractivity contribution < 1.29 is 13.6 Å². The highest BCUT2D eigenvalue weighted by Crippen LogP contribution is 2.55. The second-order valence-corrected chi connectivity index (χ2v) is 12.0. The van der Waals surface area contributed by atoms with Crippen LogP contribution in [0.15, 0.2) is 52.4 Å². The third-order valence-corrected chi connectivity index (χ3v) is 9.23. The molecule has 4 fully saturated rings. The fourth-order valence-corrected chi connectivity index (χ4v) is 7.98. The highest BCUT2D eigenvalue weighted by Gasteiger charge is 2.51. The number of benzene rings is 2. The van der Waals surface area contributed by atoms with Crippen LogP contribution in [0.25, 0.3) is 27.8 Å². The summed E-state index contributed by atoms with van der Waals surface area (Å²) in [6, 6.07) is 9.47. The van der Waals surface area contributed by atoms with E-state index in [1.807, 2.05) is 0 Å². The molecule has 0 atom stereocenters. The molecule has 4 aliphatic carbocycles. The average Bonchev–Trinajstić information content (AvgIpc) is 2.86. The van der Waals surface area contributed by atoms with Gasteiger partial charge in [-0.15, -0.1) is 0 Å². The number of hydrogen-bond acceptors (Lipinski definition) is 6. The SMILES string of the molecule is O=C(CSc1nc2cc(F)ccc2c2nc(=O)c(-c3ccc(F)cc3)nn12)NC12CC3CC(CC(C3)C1)C2. The van der Waals surface area contributed by atoms with Gasteiger partial charge in [-0.1, -0.05) is 11.8 Å². The molecule has 7 nitrogen and oxygen atoms in total. The molecule has 0 unspecified atom stereocenters. The summed E-state index contributed by atoms with van der Waals surface area (Å²) in [5.41, 5.74) is 0.281. The van der Waals surface area contributed by atoms with Crippen molar-refractivity contribution >= 4 is 34.2 Å². The molecular weight excluding hydrogens is 508 g/mol. The molecule has 4 aliphatic rings. The van der Waals surface area contributed by atoms with Gasteiger partial charge >= 0.3 is 0 Å². The first kappa shape index (κ1) is 23.7. The number of amides is 1. The summed E-state index contributed by atoms with van der Waals surface area (Å²) in [6.45, 7) is 0. The lowest BCUT2D eigenvalue weighted by molar-refractivity contribution is -0.124. The number of nitrogens with one attached hydrogen (secondary N) is 1. The van der Waals surface area contributed by atoms with E-state index in [9.17, 15) is 18.4 Å². The maximum absolute atomic E-state index is 14.0.